The number of imidazole rings is 1. The van der Waals surface area contributed by atoms with Crippen molar-refractivity contribution in [1.29, 1.82) is 5.26 Å². The van der Waals surface area contributed by atoms with Crippen molar-refractivity contribution < 1.29 is 0 Å². The Kier molecular flexibility index (Phi) is 1.68. The van der Waals surface area contributed by atoms with Crippen molar-refractivity contribution in [2.24, 2.45) is 0 Å². The predicted octanol–water partition coefficient (Wildman–Crippen LogP) is -0.775. The normalized spacial score (nSPS) is 10.2. The summed E-state index contributed by atoms with van der Waals surface area (Å²) in [5, 5.41) is 8.49. The zero-order chi connectivity index (χ0) is 10.1. The van der Waals surface area contributed by atoms with Gasteiger partial charge in [0, 0.05) is 0 Å². The van der Waals surface area contributed by atoms with Crippen LogP contribution in [-0.4, -0.2) is 19.5 Å². The van der Waals surface area contributed by atoms with Crippen LogP contribution in [0.15, 0.2) is 11.1 Å². The number of nitriles is 1. The maximum Gasteiger partial charge on any atom is 0.278 e. The molecule has 14 heavy (non-hydrogen) atoms. The Bertz CT molecular complexity index is 574. The van der Waals surface area contributed by atoms with Gasteiger partial charge in [0.25, 0.3) is 5.56 Å². The summed E-state index contributed by atoms with van der Waals surface area (Å²) in [5.74, 6) is 0.0182. The molecule has 7 heteroatoms. The summed E-state index contributed by atoms with van der Waals surface area (Å²) in [5.41, 5.74) is 5.45. The number of aromatic amines is 1. The lowest BCUT2D eigenvalue weighted by atomic mass is 10.5. The van der Waals surface area contributed by atoms with E-state index in [1.54, 1.807) is 0 Å². The lowest BCUT2D eigenvalue weighted by molar-refractivity contribution is 0.854. The predicted molar refractivity (Wildman–Crippen MR) is 48.2 cm³/mol. The number of rotatable bonds is 1. The number of anilines is 1. The fourth-order valence-corrected chi connectivity index (χ4v) is 1.20. The molecule has 2 aromatic heterocycles. The second-order valence-corrected chi connectivity index (χ2v) is 2.65. The first-order valence-corrected chi connectivity index (χ1v) is 3.80. The van der Waals surface area contributed by atoms with Gasteiger partial charge < -0.3 is 10.3 Å². The fourth-order valence-electron chi connectivity index (χ4n) is 1.20. The van der Waals surface area contributed by atoms with E-state index in [2.05, 4.69) is 15.0 Å². The third-order valence-electron chi connectivity index (χ3n) is 1.74. The number of nitrogens with two attached hydrogens (primary N) is 1. The molecule has 0 spiro atoms. The number of nitrogens with zero attached hydrogens (tertiary/aromatic N) is 4. The molecular formula is C7H6N6O. The Balaban J connectivity index is 2.81. The molecule has 0 aromatic carbocycles. The molecule has 0 amide bonds. The molecule has 2 rings (SSSR count). The summed E-state index contributed by atoms with van der Waals surface area (Å²) >= 11 is 0. The highest BCUT2D eigenvalue weighted by Crippen LogP contribution is 2.04. The molecule has 0 saturated carbocycles. The molecule has 2 aromatic rings. The van der Waals surface area contributed by atoms with Gasteiger partial charge in [-0.15, -0.1) is 0 Å². The summed E-state index contributed by atoms with van der Waals surface area (Å²) in [4.78, 5) is 21.4. The van der Waals surface area contributed by atoms with Gasteiger partial charge in [-0.2, -0.15) is 10.2 Å². The maximum atomic E-state index is 11.4. The topological polar surface area (TPSA) is 113 Å². The fraction of sp³-hybridized carbons (Fsp3) is 0.143. The van der Waals surface area contributed by atoms with E-state index in [-0.39, 0.29) is 29.2 Å². The largest absolute Gasteiger partial charge is 0.369 e. The van der Waals surface area contributed by atoms with E-state index in [0.717, 1.165) is 0 Å². The molecule has 0 saturated heterocycles. The average molecular weight is 190 g/mol. The standard InChI is InChI=1S/C7H6N6O/c8-1-2-13-3-10-5-4(13)6(14)12-7(9)11-5/h3H,2H2,(H3,9,11,12,14). The third-order valence-corrected chi connectivity index (χ3v) is 1.74. The summed E-state index contributed by atoms with van der Waals surface area (Å²) in [6.45, 7) is 0.0607. The second kappa shape index (κ2) is 2.85. The molecule has 2 heterocycles. The first-order valence-electron chi connectivity index (χ1n) is 3.80. The highest BCUT2D eigenvalue weighted by atomic mass is 16.1. The average Bonchev–Trinajstić information content (AvgIpc) is 2.49. The number of fused-ring (bicyclic) bond motifs is 1. The molecular weight excluding hydrogens is 184 g/mol. The lowest BCUT2D eigenvalue weighted by Gasteiger charge is -1.95. The Morgan fingerprint density at radius 1 is 1.71 bits per heavy atom. The SMILES string of the molecule is N#CCn1cnc2nc(N)[nH]c(=O)c21. The van der Waals surface area contributed by atoms with E-state index in [1.165, 1.54) is 10.9 Å². The van der Waals surface area contributed by atoms with Gasteiger partial charge in [0.15, 0.2) is 11.2 Å². The molecule has 0 bridgehead atoms. The van der Waals surface area contributed by atoms with Crippen LogP contribution in [0.3, 0.4) is 0 Å². The molecule has 0 aliphatic heterocycles. The van der Waals surface area contributed by atoms with Gasteiger partial charge in [0.2, 0.25) is 5.95 Å². The Labute approximate surface area is 77.8 Å². The molecule has 7 nitrogen and oxygen atoms in total. The third kappa shape index (κ3) is 1.09. The van der Waals surface area contributed by atoms with Crippen molar-refractivity contribution in [3.05, 3.63) is 16.7 Å². The highest BCUT2D eigenvalue weighted by molar-refractivity contribution is 5.70. The number of hydrogen-bond donors (Lipinski definition) is 2. The Morgan fingerprint density at radius 3 is 3.21 bits per heavy atom. The van der Waals surface area contributed by atoms with Crippen LogP contribution in [0.2, 0.25) is 0 Å². The Morgan fingerprint density at radius 2 is 2.50 bits per heavy atom. The van der Waals surface area contributed by atoms with E-state index in [4.69, 9.17) is 11.0 Å². The summed E-state index contributed by atoms with van der Waals surface area (Å²) < 4.78 is 1.42. The maximum absolute atomic E-state index is 11.4. The minimum atomic E-state index is -0.389. The van der Waals surface area contributed by atoms with Crippen molar-refractivity contribution in [2.45, 2.75) is 6.54 Å². The number of nitrogen functional groups attached to an aromatic ring is 1. The zero-order valence-electron chi connectivity index (χ0n) is 7.06. The first-order chi connectivity index (χ1) is 6.72. The van der Waals surface area contributed by atoms with Gasteiger partial charge in [-0.05, 0) is 0 Å². The zero-order valence-corrected chi connectivity index (χ0v) is 7.06. The summed E-state index contributed by atoms with van der Waals surface area (Å²) in [6, 6.07) is 1.92. The molecule has 0 fully saturated rings. The monoisotopic (exact) mass is 190 g/mol. The van der Waals surface area contributed by atoms with Crippen LogP contribution in [0, 0.1) is 11.3 Å². The van der Waals surface area contributed by atoms with E-state index in [9.17, 15) is 4.79 Å². The molecule has 0 radical (unpaired) electrons. The van der Waals surface area contributed by atoms with E-state index in [0.29, 0.717) is 0 Å². The summed E-state index contributed by atoms with van der Waals surface area (Å²) in [6.07, 6.45) is 1.38. The molecule has 3 N–H and O–H groups in total. The smallest absolute Gasteiger partial charge is 0.278 e. The molecule has 70 valence electrons. The number of hydrogen-bond acceptors (Lipinski definition) is 5. The molecule has 0 atom stereocenters. The van der Waals surface area contributed by atoms with Gasteiger partial charge >= 0.3 is 0 Å². The van der Waals surface area contributed by atoms with E-state index in [1.807, 2.05) is 6.07 Å². The van der Waals surface area contributed by atoms with Gasteiger partial charge in [-0.25, -0.2) is 4.98 Å². The molecule has 0 unspecified atom stereocenters. The van der Waals surface area contributed by atoms with Crippen LogP contribution in [0.4, 0.5) is 5.95 Å². The minimum Gasteiger partial charge on any atom is -0.369 e. The summed E-state index contributed by atoms with van der Waals surface area (Å²) in [7, 11) is 0. The molecule has 0 aliphatic carbocycles. The van der Waals surface area contributed by atoms with Crippen LogP contribution in [0.5, 0.6) is 0 Å². The quantitative estimate of drug-likeness (QED) is 0.612. The van der Waals surface area contributed by atoms with E-state index < -0.39 is 0 Å². The lowest BCUT2D eigenvalue weighted by Crippen LogP contribution is -2.14. The van der Waals surface area contributed by atoms with Crippen LogP contribution >= 0.6 is 0 Å². The van der Waals surface area contributed by atoms with Crippen LogP contribution in [0.1, 0.15) is 0 Å². The van der Waals surface area contributed by atoms with Crippen LogP contribution in [-0.2, 0) is 6.54 Å². The van der Waals surface area contributed by atoms with Crippen LogP contribution < -0.4 is 11.3 Å². The second-order valence-electron chi connectivity index (χ2n) is 2.65. The number of H-pyrrole nitrogens is 1. The van der Waals surface area contributed by atoms with Crippen molar-refractivity contribution in [1.82, 2.24) is 19.5 Å². The van der Waals surface area contributed by atoms with Crippen molar-refractivity contribution in [3.8, 4) is 6.07 Å². The number of aromatic nitrogens is 4. The Hall–Kier alpha value is -2.36. The number of nitrogens with one attached hydrogen (secondary N) is 1. The van der Waals surface area contributed by atoms with Gasteiger partial charge in [-0.1, -0.05) is 0 Å². The van der Waals surface area contributed by atoms with Crippen LogP contribution in [0.25, 0.3) is 11.2 Å². The van der Waals surface area contributed by atoms with Crippen molar-refractivity contribution in [3.63, 3.8) is 0 Å². The first kappa shape index (κ1) is 8.25. The minimum absolute atomic E-state index is 0.0182. The highest BCUT2D eigenvalue weighted by Gasteiger charge is 2.08. The van der Waals surface area contributed by atoms with Gasteiger partial charge in [0.05, 0.1) is 12.4 Å². The van der Waals surface area contributed by atoms with Crippen molar-refractivity contribution in [2.75, 3.05) is 5.73 Å². The van der Waals surface area contributed by atoms with Gasteiger partial charge in [0.1, 0.15) is 6.54 Å². The van der Waals surface area contributed by atoms with Crippen molar-refractivity contribution >= 4 is 17.1 Å². The van der Waals surface area contributed by atoms with Gasteiger partial charge in [-0.3, -0.25) is 9.78 Å². The van der Waals surface area contributed by atoms with E-state index >= 15 is 0 Å². The molecule has 0 aliphatic rings.